The number of para-hydroxylation sites is 1. The van der Waals surface area contributed by atoms with E-state index >= 15 is 0 Å². The Morgan fingerprint density at radius 1 is 1.17 bits per heavy atom. The molecule has 0 bridgehead atoms. The molecule has 0 atom stereocenters. The number of nitrogens with zero attached hydrogens (tertiary/aromatic N) is 5. The Morgan fingerprint density at radius 3 is 2.70 bits per heavy atom. The lowest BCUT2D eigenvalue weighted by atomic mass is 10.3. The molecule has 0 aliphatic carbocycles. The van der Waals surface area contributed by atoms with Gasteiger partial charge in [0.05, 0.1) is 5.69 Å². The molecule has 0 saturated heterocycles. The number of aromatic amines is 1. The lowest BCUT2D eigenvalue weighted by Gasteiger charge is -2.04. The number of hydrogen-bond donors (Lipinski definition) is 1. The van der Waals surface area contributed by atoms with Gasteiger partial charge in [-0.15, -0.1) is 0 Å². The molecule has 23 heavy (non-hydrogen) atoms. The van der Waals surface area contributed by atoms with Gasteiger partial charge in [-0.3, -0.25) is 4.57 Å². The third-order valence-electron chi connectivity index (χ3n) is 3.63. The Balaban J connectivity index is 1.89. The molecule has 0 radical (unpaired) electrons. The molecule has 0 spiro atoms. The largest absolute Gasteiger partial charge is 0.350 e. The van der Waals surface area contributed by atoms with Crippen LogP contribution in [-0.2, 0) is 13.1 Å². The fourth-order valence-electron chi connectivity index (χ4n) is 2.36. The number of unbranched alkanes of at least 4 members (excludes halogenated alkanes) is 1. The van der Waals surface area contributed by atoms with Gasteiger partial charge in [0, 0.05) is 6.54 Å². The molecular formula is C15H18N6O2. The zero-order valence-electron chi connectivity index (χ0n) is 12.8. The maximum atomic E-state index is 12.4. The first-order valence-electron chi connectivity index (χ1n) is 7.54. The van der Waals surface area contributed by atoms with Crippen molar-refractivity contribution in [3.63, 3.8) is 0 Å². The quantitative estimate of drug-likeness (QED) is 0.727. The van der Waals surface area contributed by atoms with Crippen LogP contribution >= 0.6 is 0 Å². The molecule has 8 nitrogen and oxygen atoms in total. The summed E-state index contributed by atoms with van der Waals surface area (Å²) in [6.07, 6.45) is 3.32. The Hall–Kier alpha value is -2.90. The molecule has 0 fully saturated rings. The summed E-state index contributed by atoms with van der Waals surface area (Å²) in [5.74, 6) is 0.504. The van der Waals surface area contributed by atoms with Gasteiger partial charge in [-0.2, -0.15) is 10.2 Å². The highest BCUT2D eigenvalue weighted by Gasteiger charge is 2.12. The van der Waals surface area contributed by atoms with Gasteiger partial charge < -0.3 is 0 Å². The van der Waals surface area contributed by atoms with E-state index in [9.17, 15) is 9.59 Å². The summed E-state index contributed by atoms with van der Waals surface area (Å²) in [5.41, 5.74) is 0.215. The summed E-state index contributed by atoms with van der Waals surface area (Å²) in [5, 5.41) is 10.6. The number of hydrogen-bond acceptors (Lipinski definition) is 4. The zero-order valence-corrected chi connectivity index (χ0v) is 12.8. The van der Waals surface area contributed by atoms with Crippen LogP contribution in [0.1, 0.15) is 25.6 Å². The minimum atomic E-state index is -0.270. The minimum Gasteiger partial charge on any atom is -0.278 e. The molecule has 2 heterocycles. The van der Waals surface area contributed by atoms with E-state index in [0.717, 1.165) is 18.5 Å². The van der Waals surface area contributed by atoms with Crippen molar-refractivity contribution in [2.45, 2.75) is 32.9 Å². The van der Waals surface area contributed by atoms with Crippen molar-refractivity contribution in [2.24, 2.45) is 0 Å². The first-order valence-corrected chi connectivity index (χ1v) is 7.54. The van der Waals surface area contributed by atoms with Crippen LogP contribution in [0.5, 0.6) is 0 Å². The maximum Gasteiger partial charge on any atom is 0.350 e. The van der Waals surface area contributed by atoms with Gasteiger partial charge in [0.25, 0.3) is 0 Å². The highest BCUT2D eigenvalue weighted by Crippen LogP contribution is 2.03. The Bertz CT molecular complexity index is 887. The van der Waals surface area contributed by atoms with E-state index < -0.39 is 0 Å². The van der Waals surface area contributed by atoms with Crippen LogP contribution in [-0.4, -0.2) is 29.1 Å². The van der Waals surface area contributed by atoms with Crippen molar-refractivity contribution in [3.8, 4) is 5.69 Å². The van der Waals surface area contributed by atoms with Crippen molar-refractivity contribution in [1.29, 1.82) is 0 Å². The van der Waals surface area contributed by atoms with E-state index in [-0.39, 0.29) is 17.9 Å². The molecule has 0 unspecified atom stereocenters. The van der Waals surface area contributed by atoms with E-state index in [1.54, 1.807) is 4.57 Å². The second kappa shape index (κ2) is 6.47. The second-order valence-corrected chi connectivity index (χ2v) is 5.23. The summed E-state index contributed by atoms with van der Waals surface area (Å²) >= 11 is 0. The summed E-state index contributed by atoms with van der Waals surface area (Å²) in [6.45, 7) is 2.78. The highest BCUT2D eigenvalue weighted by atomic mass is 16.2. The van der Waals surface area contributed by atoms with E-state index in [1.807, 2.05) is 30.3 Å². The number of aromatic nitrogens is 6. The third-order valence-corrected chi connectivity index (χ3v) is 3.63. The minimum absolute atomic E-state index is 0.154. The SMILES string of the molecule is CCCCn1c(Cn2ncn(-c3ccccc3)c2=O)n[nH]c1=O. The van der Waals surface area contributed by atoms with Crippen LogP contribution in [0.4, 0.5) is 0 Å². The third kappa shape index (κ3) is 3.01. The molecule has 0 saturated carbocycles. The average Bonchev–Trinajstić information content (AvgIpc) is 3.10. The number of H-pyrrole nitrogens is 1. The first kappa shape index (κ1) is 15.0. The lowest BCUT2D eigenvalue weighted by Crippen LogP contribution is -2.27. The summed E-state index contributed by atoms with van der Waals surface area (Å²) in [7, 11) is 0. The molecule has 3 rings (SSSR count). The molecule has 120 valence electrons. The van der Waals surface area contributed by atoms with Crippen molar-refractivity contribution in [3.05, 3.63) is 63.5 Å². The van der Waals surface area contributed by atoms with E-state index in [2.05, 4.69) is 22.2 Å². The van der Waals surface area contributed by atoms with Crippen LogP contribution < -0.4 is 11.4 Å². The van der Waals surface area contributed by atoms with Crippen LogP contribution in [0.2, 0.25) is 0 Å². The molecule has 1 N–H and O–H groups in total. The Morgan fingerprint density at radius 2 is 1.96 bits per heavy atom. The number of rotatable bonds is 6. The first-order chi connectivity index (χ1) is 11.2. The van der Waals surface area contributed by atoms with E-state index in [0.29, 0.717) is 12.4 Å². The average molecular weight is 314 g/mol. The molecule has 3 aromatic rings. The van der Waals surface area contributed by atoms with E-state index in [1.165, 1.54) is 15.6 Å². The molecular weight excluding hydrogens is 296 g/mol. The van der Waals surface area contributed by atoms with Crippen molar-refractivity contribution in [2.75, 3.05) is 0 Å². The molecule has 0 aliphatic rings. The fourth-order valence-corrected chi connectivity index (χ4v) is 2.36. The molecule has 0 aliphatic heterocycles. The fraction of sp³-hybridized carbons (Fsp3) is 0.333. The van der Waals surface area contributed by atoms with Crippen molar-refractivity contribution in [1.82, 2.24) is 29.1 Å². The Labute approximate surface area is 132 Å². The van der Waals surface area contributed by atoms with E-state index in [4.69, 9.17) is 0 Å². The van der Waals surface area contributed by atoms with Crippen LogP contribution in [0.3, 0.4) is 0 Å². The van der Waals surface area contributed by atoms with Crippen LogP contribution in [0.25, 0.3) is 5.69 Å². The Kier molecular flexibility index (Phi) is 4.22. The molecule has 8 heteroatoms. The van der Waals surface area contributed by atoms with Crippen LogP contribution in [0, 0.1) is 0 Å². The van der Waals surface area contributed by atoms with Crippen molar-refractivity contribution >= 4 is 0 Å². The van der Waals surface area contributed by atoms with Gasteiger partial charge in [0.1, 0.15) is 12.9 Å². The normalized spacial score (nSPS) is 11.0. The van der Waals surface area contributed by atoms with Crippen molar-refractivity contribution < 1.29 is 0 Å². The molecule has 2 aromatic heterocycles. The van der Waals surface area contributed by atoms with Gasteiger partial charge in [-0.05, 0) is 18.6 Å². The number of nitrogens with one attached hydrogen (secondary N) is 1. The topological polar surface area (TPSA) is 90.5 Å². The lowest BCUT2D eigenvalue weighted by molar-refractivity contribution is 0.548. The maximum absolute atomic E-state index is 12.4. The van der Waals surface area contributed by atoms with Gasteiger partial charge in [0.2, 0.25) is 0 Å². The summed E-state index contributed by atoms with van der Waals surface area (Å²) in [4.78, 5) is 24.2. The predicted molar refractivity (Wildman–Crippen MR) is 84.7 cm³/mol. The zero-order chi connectivity index (χ0) is 16.2. The monoisotopic (exact) mass is 314 g/mol. The highest BCUT2D eigenvalue weighted by molar-refractivity contribution is 5.30. The van der Waals surface area contributed by atoms with Gasteiger partial charge >= 0.3 is 11.4 Å². The molecule has 1 aromatic carbocycles. The summed E-state index contributed by atoms with van der Waals surface area (Å²) in [6, 6.07) is 9.26. The van der Waals surface area contributed by atoms with Gasteiger partial charge in [-0.25, -0.2) is 23.9 Å². The predicted octanol–water partition coefficient (Wildman–Crippen LogP) is 0.767. The second-order valence-electron chi connectivity index (χ2n) is 5.23. The molecule has 0 amide bonds. The number of benzene rings is 1. The van der Waals surface area contributed by atoms with Gasteiger partial charge in [0.15, 0.2) is 5.82 Å². The van der Waals surface area contributed by atoms with Crippen LogP contribution in [0.15, 0.2) is 46.2 Å². The smallest absolute Gasteiger partial charge is 0.278 e. The standard InChI is InChI=1S/C15H18N6O2/c1-2-3-9-19-13(17-18-14(19)22)10-21-15(23)20(11-16-21)12-7-5-4-6-8-12/h4-8,11H,2-3,9-10H2,1H3,(H,18,22). The summed E-state index contributed by atoms with van der Waals surface area (Å²) < 4.78 is 4.31. The van der Waals surface area contributed by atoms with Gasteiger partial charge in [-0.1, -0.05) is 31.5 Å².